The summed E-state index contributed by atoms with van der Waals surface area (Å²) in [6.07, 6.45) is -6.48. The number of alkyl halides is 2. The summed E-state index contributed by atoms with van der Waals surface area (Å²) in [5.41, 5.74) is 0.543. The zero-order chi connectivity index (χ0) is 20.8. The van der Waals surface area contributed by atoms with E-state index in [1.807, 2.05) is 0 Å². The largest absolute Gasteiger partial charge is 0.452 e. The first-order valence-electron chi connectivity index (χ1n) is 8.95. The molecule has 1 aliphatic heterocycles. The Hall–Kier alpha value is -2.29. The van der Waals surface area contributed by atoms with Crippen LogP contribution < -0.4 is 0 Å². The van der Waals surface area contributed by atoms with Crippen molar-refractivity contribution in [3.05, 3.63) is 71.8 Å². The van der Waals surface area contributed by atoms with E-state index in [-0.39, 0.29) is 10.9 Å². The third kappa shape index (κ3) is 5.01. The van der Waals surface area contributed by atoms with Crippen LogP contribution >= 0.6 is 15.9 Å². The zero-order valence-corrected chi connectivity index (χ0v) is 17.2. The van der Waals surface area contributed by atoms with Gasteiger partial charge in [0.05, 0.1) is 11.1 Å². The Morgan fingerprint density at radius 2 is 1.41 bits per heavy atom. The van der Waals surface area contributed by atoms with E-state index in [0.29, 0.717) is 5.56 Å². The second-order valence-electron chi connectivity index (χ2n) is 6.35. The van der Waals surface area contributed by atoms with Crippen molar-refractivity contribution in [1.82, 2.24) is 0 Å². The predicted octanol–water partition coefficient (Wildman–Crippen LogP) is 3.54. The van der Waals surface area contributed by atoms with Gasteiger partial charge in [0.2, 0.25) is 0 Å². The van der Waals surface area contributed by atoms with Crippen molar-refractivity contribution in [2.24, 2.45) is 0 Å². The molecule has 6 nitrogen and oxygen atoms in total. The highest BCUT2D eigenvalue weighted by Gasteiger charge is 2.51. The van der Waals surface area contributed by atoms with Gasteiger partial charge in [-0.05, 0) is 24.3 Å². The Balaban J connectivity index is 1.85. The summed E-state index contributed by atoms with van der Waals surface area (Å²) in [5, 5.41) is 0.214. The molecule has 0 amide bonds. The van der Waals surface area contributed by atoms with Gasteiger partial charge in [-0.2, -0.15) is 0 Å². The number of hydrogen-bond donors (Lipinski definition) is 0. The molecule has 154 valence electrons. The summed E-state index contributed by atoms with van der Waals surface area (Å²) in [6.45, 7) is 0. The second-order valence-corrected chi connectivity index (χ2v) is 7.00. The van der Waals surface area contributed by atoms with Crippen molar-refractivity contribution >= 4 is 27.9 Å². The Morgan fingerprint density at radius 3 is 1.86 bits per heavy atom. The van der Waals surface area contributed by atoms with E-state index in [9.17, 15) is 9.59 Å². The molecule has 1 aliphatic rings. The minimum Gasteiger partial charge on any atom is -0.452 e. The topological polar surface area (TPSA) is 71.1 Å². The van der Waals surface area contributed by atoms with Gasteiger partial charge in [0, 0.05) is 12.4 Å². The number of ether oxygens (including phenoxy) is 4. The fraction of sp³-hybridized carbons (Fsp3) is 0.333. The highest BCUT2D eigenvalue weighted by atomic mass is 79.9. The average molecular weight is 467 g/mol. The molecule has 0 spiro atoms. The van der Waals surface area contributed by atoms with Crippen molar-refractivity contribution in [2.45, 2.75) is 30.8 Å². The van der Waals surface area contributed by atoms with Gasteiger partial charge < -0.3 is 18.9 Å². The summed E-state index contributed by atoms with van der Waals surface area (Å²) in [6, 6.07) is 16.5. The molecular formula is C21H20BrFO6. The van der Waals surface area contributed by atoms with Crippen LogP contribution in [-0.4, -0.2) is 55.2 Å². The third-order valence-electron chi connectivity index (χ3n) is 4.46. The number of carbonyl (C=O) groups excluding carboxylic acids is 2. The molecule has 0 saturated carbocycles. The molecule has 1 saturated heterocycles. The lowest BCUT2D eigenvalue weighted by molar-refractivity contribution is -0.267. The maximum absolute atomic E-state index is 15.1. The molecule has 2 aromatic carbocycles. The van der Waals surface area contributed by atoms with Crippen LogP contribution in [0.2, 0.25) is 0 Å². The molecule has 5 atom stereocenters. The van der Waals surface area contributed by atoms with Gasteiger partial charge in [-0.15, -0.1) is 0 Å². The predicted molar refractivity (Wildman–Crippen MR) is 106 cm³/mol. The van der Waals surface area contributed by atoms with Gasteiger partial charge >= 0.3 is 11.9 Å². The number of benzene rings is 2. The molecule has 8 heteroatoms. The molecule has 3 rings (SSSR count). The normalized spacial score (nSPS) is 26.5. The summed E-state index contributed by atoms with van der Waals surface area (Å²) in [4.78, 5) is 25.1. The van der Waals surface area contributed by atoms with Crippen molar-refractivity contribution < 1.29 is 32.9 Å². The molecule has 0 radical (unpaired) electrons. The average Bonchev–Trinajstić information content (AvgIpc) is 2.77. The number of rotatable bonds is 6. The van der Waals surface area contributed by atoms with E-state index >= 15 is 4.39 Å². The Labute approximate surface area is 176 Å². The number of methoxy groups -OCH3 is 1. The van der Waals surface area contributed by atoms with Crippen LogP contribution in [0.15, 0.2) is 60.7 Å². The molecule has 0 aliphatic carbocycles. The fourth-order valence-electron chi connectivity index (χ4n) is 2.99. The molecule has 2 aromatic rings. The highest BCUT2D eigenvalue weighted by Crippen LogP contribution is 2.30. The van der Waals surface area contributed by atoms with Gasteiger partial charge in [-0.1, -0.05) is 52.3 Å². The van der Waals surface area contributed by atoms with Crippen molar-refractivity contribution in [1.29, 1.82) is 0 Å². The summed E-state index contributed by atoms with van der Waals surface area (Å²) in [7, 11) is 1.29. The SMILES string of the molecule is CO[C@H]1O[C@H](CBr)[C@@H](OC(=O)c2ccccc2)[C@@H](OC(=O)c2ccccc2)[C@@H]1F. The van der Waals surface area contributed by atoms with Crippen LogP contribution in [0.25, 0.3) is 0 Å². The Bertz CT molecular complexity index is 818. The summed E-state index contributed by atoms with van der Waals surface area (Å²) in [5.74, 6) is -1.40. The van der Waals surface area contributed by atoms with Crippen LogP contribution in [0.5, 0.6) is 0 Å². The summed E-state index contributed by atoms with van der Waals surface area (Å²) < 4.78 is 36.6. The van der Waals surface area contributed by atoms with Crippen LogP contribution in [0.3, 0.4) is 0 Å². The van der Waals surface area contributed by atoms with Gasteiger partial charge in [-0.3, -0.25) is 0 Å². The standard InChI is InChI=1S/C21H20BrFO6/c1-26-21-16(23)18(29-20(25)14-10-6-3-7-11-14)17(15(12-22)27-21)28-19(24)13-8-4-2-5-9-13/h2-11,15-18,21H,12H2,1H3/t15-,16+,17-,18+,21+/m1/s1. The van der Waals surface area contributed by atoms with Gasteiger partial charge in [0.1, 0.15) is 6.10 Å². The quantitative estimate of drug-likeness (QED) is 0.478. The van der Waals surface area contributed by atoms with Crippen LogP contribution in [0.1, 0.15) is 20.7 Å². The van der Waals surface area contributed by atoms with Crippen LogP contribution in [-0.2, 0) is 18.9 Å². The first-order valence-corrected chi connectivity index (χ1v) is 10.1. The lowest BCUT2D eigenvalue weighted by atomic mass is 10.00. The Kier molecular flexibility index (Phi) is 7.35. The maximum atomic E-state index is 15.1. The number of carbonyl (C=O) groups is 2. The van der Waals surface area contributed by atoms with E-state index in [2.05, 4.69) is 15.9 Å². The minimum atomic E-state index is -1.85. The fourth-order valence-corrected chi connectivity index (χ4v) is 3.51. The van der Waals surface area contributed by atoms with Gasteiger partial charge in [0.25, 0.3) is 0 Å². The molecule has 1 fully saturated rings. The molecular weight excluding hydrogens is 447 g/mol. The molecule has 0 bridgehead atoms. The summed E-state index contributed by atoms with van der Waals surface area (Å²) >= 11 is 3.28. The maximum Gasteiger partial charge on any atom is 0.338 e. The number of esters is 2. The van der Waals surface area contributed by atoms with Gasteiger partial charge in [-0.25, -0.2) is 14.0 Å². The lowest BCUT2D eigenvalue weighted by Crippen LogP contribution is -2.59. The molecule has 0 N–H and O–H groups in total. The van der Waals surface area contributed by atoms with E-state index in [1.54, 1.807) is 60.7 Å². The molecule has 0 unspecified atom stereocenters. The van der Waals surface area contributed by atoms with E-state index in [0.717, 1.165) is 0 Å². The second kappa shape index (κ2) is 9.96. The monoisotopic (exact) mass is 466 g/mol. The number of hydrogen-bond acceptors (Lipinski definition) is 6. The molecule has 29 heavy (non-hydrogen) atoms. The van der Waals surface area contributed by atoms with Crippen molar-refractivity contribution in [3.63, 3.8) is 0 Å². The number of halogens is 2. The third-order valence-corrected chi connectivity index (χ3v) is 5.10. The Morgan fingerprint density at radius 1 is 0.931 bits per heavy atom. The van der Waals surface area contributed by atoms with E-state index in [4.69, 9.17) is 18.9 Å². The zero-order valence-electron chi connectivity index (χ0n) is 15.6. The first kappa shape index (κ1) is 21.4. The first-order chi connectivity index (χ1) is 14.0. The van der Waals surface area contributed by atoms with Crippen molar-refractivity contribution in [3.8, 4) is 0 Å². The van der Waals surface area contributed by atoms with E-state index < -0.39 is 42.7 Å². The highest BCUT2D eigenvalue weighted by molar-refractivity contribution is 9.09. The van der Waals surface area contributed by atoms with Crippen LogP contribution in [0, 0.1) is 0 Å². The van der Waals surface area contributed by atoms with Crippen molar-refractivity contribution in [2.75, 3.05) is 12.4 Å². The lowest BCUT2D eigenvalue weighted by Gasteiger charge is -2.41. The van der Waals surface area contributed by atoms with Gasteiger partial charge in [0.15, 0.2) is 24.7 Å². The molecule has 0 aromatic heterocycles. The van der Waals surface area contributed by atoms with E-state index in [1.165, 1.54) is 7.11 Å². The smallest absolute Gasteiger partial charge is 0.338 e. The molecule has 1 heterocycles. The minimum absolute atomic E-state index is 0.214. The van der Waals surface area contributed by atoms with Crippen LogP contribution in [0.4, 0.5) is 4.39 Å².